The van der Waals surface area contributed by atoms with Gasteiger partial charge in [0.15, 0.2) is 0 Å². The van der Waals surface area contributed by atoms with Crippen molar-refractivity contribution in [2.75, 3.05) is 0 Å². The number of benzene rings is 2. The highest BCUT2D eigenvalue weighted by atomic mass is 79.9. The van der Waals surface area contributed by atoms with Crippen molar-refractivity contribution in [1.29, 1.82) is 0 Å². The maximum atomic E-state index is 10.8. The van der Waals surface area contributed by atoms with E-state index in [1.807, 2.05) is 22.8 Å². The number of aromatic nitrogens is 2. The van der Waals surface area contributed by atoms with Crippen LogP contribution >= 0.6 is 15.9 Å². The van der Waals surface area contributed by atoms with Gasteiger partial charge >= 0.3 is 5.97 Å². The minimum Gasteiger partial charge on any atom is -0.478 e. The van der Waals surface area contributed by atoms with Crippen LogP contribution in [0.25, 0.3) is 16.7 Å². The summed E-state index contributed by atoms with van der Waals surface area (Å²) < 4.78 is 2.90. The minimum absolute atomic E-state index is 0.274. The van der Waals surface area contributed by atoms with Gasteiger partial charge in [-0.25, -0.2) is 9.78 Å². The summed E-state index contributed by atoms with van der Waals surface area (Å²) in [6.45, 7) is 0. The number of imidazole rings is 1. The van der Waals surface area contributed by atoms with Gasteiger partial charge in [0.1, 0.15) is 6.33 Å². The Morgan fingerprint density at radius 1 is 1.16 bits per heavy atom. The maximum Gasteiger partial charge on any atom is 0.335 e. The van der Waals surface area contributed by atoms with Crippen LogP contribution in [0.2, 0.25) is 0 Å². The quantitative estimate of drug-likeness (QED) is 0.787. The molecule has 0 fully saturated rings. The largest absolute Gasteiger partial charge is 0.478 e. The number of hydrogen-bond acceptors (Lipinski definition) is 2. The highest BCUT2D eigenvalue weighted by Crippen LogP contribution is 2.22. The molecule has 0 aliphatic rings. The first-order chi connectivity index (χ1) is 9.15. The molecule has 0 unspecified atom stereocenters. The summed E-state index contributed by atoms with van der Waals surface area (Å²) in [6, 6.07) is 12.6. The van der Waals surface area contributed by atoms with Gasteiger partial charge in [0, 0.05) is 10.2 Å². The van der Waals surface area contributed by atoms with Crippen LogP contribution in [-0.2, 0) is 0 Å². The lowest BCUT2D eigenvalue weighted by molar-refractivity contribution is 0.0697. The average Bonchev–Trinajstić information content (AvgIpc) is 2.81. The molecule has 0 amide bonds. The summed E-state index contributed by atoms with van der Waals surface area (Å²) in [5.74, 6) is -0.925. The normalized spacial score (nSPS) is 10.8. The first kappa shape index (κ1) is 11.9. The highest BCUT2D eigenvalue weighted by Gasteiger charge is 2.06. The lowest BCUT2D eigenvalue weighted by Gasteiger charge is -2.04. The topological polar surface area (TPSA) is 55.1 Å². The van der Waals surface area contributed by atoms with Gasteiger partial charge in [-0.1, -0.05) is 15.9 Å². The van der Waals surface area contributed by atoms with Crippen molar-refractivity contribution in [3.05, 3.63) is 58.8 Å². The van der Waals surface area contributed by atoms with E-state index in [1.165, 1.54) is 0 Å². The standard InChI is InChI=1S/C14H9BrN2O2/c15-10-3-6-13-12(7-10)16-8-17(13)11-4-1-9(2-5-11)14(18)19/h1-8H,(H,18,19). The number of carbonyl (C=O) groups is 1. The lowest BCUT2D eigenvalue weighted by atomic mass is 10.2. The van der Waals surface area contributed by atoms with Crippen molar-refractivity contribution < 1.29 is 9.90 Å². The second kappa shape index (κ2) is 4.51. The number of fused-ring (bicyclic) bond motifs is 1. The van der Waals surface area contributed by atoms with E-state index in [1.54, 1.807) is 30.6 Å². The van der Waals surface area contributed by atoms with Crippen LogP contribution in [0, 0.1) is 0 Å². The number of rotatable bonds is 2. The van der Waals surface area contributed by atoms with E-state index in [2.05, 4.69) is 20.9 Å². The molecular formula is C14H9BrN2O2. The Hall–Kier alpha value is -2.14. The zero-order chi connectivity index (χ0) is 13.4. The van der Waals surface area contributed by atoms with Gasteiger partial charge < -0.3 is 5.11 Å². The molecule has 0 saturated heterocycles. The minimum atomic E-state index is -0.925. The fourth-order valence-corrected chi connectivity index (χ4v) is 2.31. The molecule has 1 heterocycles. The number of halogens is 1. The third-order valence-corrected chi connectivity index (χ3v) is 3.39. The van der Waals surface area contributed by atoms with Gasteiger partial charge in [0.25, 0.3) is 0 Å². The molecule has 3 aromatic rings. The van der Waals surface area contributed by atoms with Crippen LogP contribution in [0.1, 0.15) is 10.4 Å². The van der Waals surface area contributed by atoms with Gasteiger partial charge in [-0.15, -0.1) is 0 Å². The van der Waals surface area contributed by atoms with E-state index in [9.17, 15) is 4.79 Å². The molecule has 4 nitrogen and oxygen atoms in total. The van der Waals surface area contributed by atoms with E-state index < -0.39 is 5.97 Å². The molecular weight excluding hydrogens is 308 g/mol. The third-order valence-electron chi connectivity index (χ3n) is 2.90. The molecule has 5 heteroatoms. The van der Waals surface area contributed by atoms with Crippen molar-refractivity contribution in [3.63, 3.8) is 0 Å². The molecule has 1 N–H and O–H groups in total. The molecule has 19 heavy (non-hydrogen) atoms. The van der Waals surface area contributed by atoms with Gasteiger partial charge in [-0.05, 0) is 42.5 Å². The molecule has 0 atom stereocenters. The van der Waals surface area contributed by atoms with E-state index in [0.717, 1.165) is 21.2 Å². The number of carboxylic acid groups (broad SMARTS) is 1. The molecule has 0 radical (unpaired) electrons. The molecule has 0 saturated carbocycles. The first-order valence-corrected chi connectivity index (χ1v) is 6.41. The average molecular weight is 317 g/mol. The molecule has 0 aliphatic heterocycles. The molecule has 0 aliphatic carbocycles. The summed E-state index contributed by atoms with van der Waals surface area (Å²) in [4.78, 5) is 15.2. The molecule has 3 rings (SSSR count). The summed E-state index contributed by atoms with van der Waals surface area (Å²) in [6.07, 6.45) is 1.73. The number of aromatic carboxylic acids is 1. The second-order valence-corrected chi connectivity index (χ2v) is 5.02. The van der Waals surface area contributed by atoms with Gasteiger partial charge in [0.05, 0.1) is 16.6 Å². The molecule has 2 aromatic carbocycles. The van der Waals surface area contributed by atoms with Crippen molar-refractivity contribution in [1.82, 2.24) is 9.55 Å². The van der Waals surface area contributed by atoms with Crippen LogP contribution < -0.4 is 0 Å². The fraction of sp³-hybridized carbons (Fsp3) is 0. The van der Waals surface area contributed by atoms with E-state index in [0.29, 0.717) is 0 Å². The summed E-state index contributed by atoms with van der Waals surface area (Å²) in [5, 5.41) is 8.88. The Balaban J connectivity index is 2.11. The number of carboxylic acids is 1. The van der Waals surface area contributed by atoms with Crippen molar-refractivity contribution in [2.24, 2.45) is 0 Å². The van der Waals surface area contributed by atoms with Gasteiger partial charge in [0.2, 0.25) is 0 Å². The van der Waals surface area contributed by atoms with Crippen LogP contribution in [-0.4, -0.2) is 20.6 Å². The number of hydrogen-bond donors (Lipinski definition) is 1. The zero-order valence-corrected chi connectivity index (χ0v) is 11.3. The number of nitrogens with zero attached hydrogens (tertiary/aromatic N) is 2. The van der Waals surface area contributed by atoms with E-state index in [-0.39, 0.29) is 5.56 Å². The Bertz CT molecular complexity index is 763. The molecule has 1 aromatic heterocycles. The molecule has 0 bridgehead atoms. The summed E-state index contributed by atoms with van der Waals surface area (Å²) in [5.41, 5.74) is 3.02. The molecule has 94 valence electrons. The summed E-state index contributed by atoms with van der Waals surface area (Å²) >= 11 is 3.41. The predicted molar refractivity (Wildman–Crippen MR) is 75.7 cm³/mol. The van der Waals surface area contributed by atoms with Crippen molar-refractivity contribution in [3.8, 4) is 5.69 Å². The second-order valence-electron chi connectivity index (χ2n) is 4.10. The Morgan fingerprint density at radius 2 is 1.89 bits per heavy atom. The first-order valence-electron chi connectivity index (χ1n) is 5.61. The molecule has 0 spiro atoms. The van der Waals surface area contributed by atoms with Crippen LogP contribution in [0.4, 0.5) is 0 Å². The summed E-state index contributed by atoms with van der Waals surface area (Å²) in [7, 11) is 0. The predicted octanol–water partition coefficient (Wildman–Crippen LogP) is 3.49. The van der Waals surface area contributed by atoms with E-state index in [4.69, 9.17) is 5.11 Å². The van der Waals surface area contributed by atoms with E-state index >= 15 is 0 Å². The fourth-order valence-electron chi connectivity index (χ4n) is 1.96. The smallest absolute Gasteiger partial charge is 0.335 e. The third kappa shape index (κ3) is 2.13. The Kier molecular flexibility index (Phi) is 2.83. The van der Waals surface area contributed by atoms with Crippen molar-refractivity contribution >= 4 is 32.9 Å². The van der Waals surface area contributed by atoms with Gasteiger partial charge in [-0.2, -0.15) is 0 Å². The Labute approximate surface area is 117 Å². The zero-order valence-electron chi connectivity index (χ0n) is 9.75. The van der Waals surface area contributed by atoms with Gasteiger partial charge in [-0.3, -0.25) is 4.57 Å². The van der Waals surface area contributed by atoms with Crippen molar-refractivity contribution in [2.45, 2.75) is 0 Å². The van der Waals surface area contributed by atoms with Crippen LogP contribution in [0.15, 0.2) is 53.3 Å². The lowest BCUT2D eigenvalue weighted by Crippen LogP contribution is -1.97. The van der Waals surface area contributed by atoms with Crippen LogP contribution in [0.3, 0.4) is 0 Å². The monoisotopic (exact) mass is 316 g/mol. The SMILES string of the molecule is O=C(O)c1ccc(-n2cnc3cc(Br)ccc32)cc1. The maximum absolute atomic E-state index is 10.8. The Morgan fingerprint density at radius 3 is 2.58 bits per heavy atom. The van der Waals surface area contributed by atoms with Crippen LogP contribution in [0.5, 0.6) is 0 Å². The highest BCUT2D eigenvalue weighted by molar-refractivity contribution is 9.10.